The third-order valence-corrected chi connectivity index (χ3v) is 7.20. The fourth-order valence-corrected chi connectivity index (χ4v) is 5.62. The molecule has 0 saturated heterocycles. The van der Waals surface area contributed by atoms with Crippen molar-refractivity contribution in [3.05, 3.63) is 76.2 Å². The van der Waals surface area contributed by atoms with E-state index in [4.69, 9.17) is 9.72 Å². The number of esters is 1. The van der Waals surface area contributed by atoms with E-state index in [1.807, 2.05) is 41.8 Å². The van der Waals surface area contributed by atoms with Crippen molar-refractivity contribution in [1.82, 2.24) is 4.98 Å². The van der Waals surface area contributed by atoms with Crippen molar-refractivity contribution < 1.29 is 14.3 Å². The molecule has 4 rings (SSSR count). The van der Waals surface area contributed by atoms with Crippen molar-refractivity contribution in [2.45, 2.75) is 32.7 Å². The molecule has 1 N–H and O–H groups in total. The van der Waals surface area contributed by atoms with Crippen LogP contribution in [-0.4, -0.2) is 29.2 Å². The second-order valence-corrected chi connectivity index (χ2v) is 9.91. The number of nitrogens with zero attached hydrogens (tertiary/aromatic N) is 1. The van der Waals surface area contributed by atoms with Gasteiger partial charge in [-0.1, -0.05) is 53.7 Å². The summed E-state index contributed by atoms with van der Waals surface area (Å²) in [7, 11) is 0. The lowest BCUT2D eigenvalue weighted by Gasteiger charge is -2.10. The molecule has 5 nitrogen and oxygen atoms in total. The Bertz CT molecular complexity index is 1360. The highest BCUT2D eigenvalue weighted by Gasteiger charge is 2.23. The van der Waals surface area contributed by atoms with Crippen LogP contribution in [0.2, 0.25) is 0 Å². The number of carbonyl (C=O) groups is 2. The van der Waals surface area contributed by atoms with Gasteiger partial charge in [0.1, 0.15) is 10.6 Å². The topological polar surface area (TPSA) is 68.3 Å². The van der Waals surface area contributed by atoms with Crippen LogP contribution in [-0.2, 0) is 9.53 Å². The molecule has 0 atom stereocenters. The van der Waals surface area contributed by atoms with Crippen LogP contribution in [0.5, 0.6) is 0 Å². The molecule has 0 radical (unpaired) electrons. The zero-order chi connectivity index (χ0) is 24.2. The summed E-state index contributed by atoms with van der Waals surface area (Å²) in [5.41, 5.74) is 6.47. The van der Waals surface area contributed by atoms with Crippen LogP contribution >= 0.6 is 23.1 Å². The first kappa shape index (κ1) is 24.0. The predicted octanol–water partition coefficient (Wildman–Crippen LogP) is 6.80. The summed E-state index contributed by atoms with van der Waals surface area (Å²) in [5, 5.41) is 7.22. The maximum atomic E-state index is 12.8. The van der Waals surface area contributed by atoms with E-state index in [2.05, 4.69) is 38.2 Å². The van der Waals surface area contributed by atoms with E-state index in [1.165, 1.54) is 28.7 Å². The van der Waals surface area contributed by atoms with Crippen molar-refractivity contribution in [3.8, 4) is 11.1 Å². The van der Waals surface area contributed by atoms with Gasteiger partial charge < -0.3 is 10.1 Å². The third-order valence-electron chi connectivity index (χ3n) is 5.39. The molecule has 0 spiro atoms. The Morgan fingerprint density at radius 2 is 1.82 bits per heavy atom. The molecule has 7 heteroatoms. The number of carbonyl (C=O) groups excluding carboxylic acids is 2. The summed E-state index contributed by atoms with van der Waals surface area (Å²) in [6.07, 6.45) is 0. The number of thioether (sulfide) groups is 1. The molecule has 2 heterocycles. The van der Waals surface area contributed by atoms with Crippen LogP contribution in [0.25, 0.3) is 22.0 Å². The summed E-state index contributed by atoms with van der Waals surface area (Å²) >= 11 is 2.71. The molecule has 0 unspecified atom stereocenters. The summed E-state index contributed by atoms with van der Waals surface area (Å²) in [6.45, 7) is 8.23. The Hall–Kier alpha value is -3.16. The Morgan fingerprint density at radius 3 is 2.56 bits per heavy atom. The number of pyridine rings is 1. The summed E-state index contributed by atoms with van der Waals surface area (Å²) in [5.74, 6) is -0.454. The van der Waals surface area contributed by atoms with Gasteiger partial charge in [0, 0.05) is 16.3 Å². The largest absolute Gasteiger partial charge is 0.462 e. The van der Waals surface area contributed by atoms with Crippen LogP contribution < -0.4 is 5.32 Å². The van der Waals surface area contributed by atoms with Crippen molar-refractivity contribution in [1.29, 1.82) is 0 Å². The van der Waals surface area contributed by atoms with Gasteiger partial charge in [-0.25, -0.2) is 9.78 Å². The van der Waals surface area contributed by atoms with E-state index in [0.717, 1.165) is 38.2 Å². The van der Waals surface area contributed by atoms with Crippen LogP contribution in [0.3, 0.4) is 0 Å². The Kier molecular flexibility index (Phi) is 7.34. The summed E-state index contributed by atoms with van der Waals surface area (Å²) < 4.78 is 5.27. The molecule has 0 aliphatic carbocycles. The lowest BCUT2D eigenvalue weighted by molar-refractivity contribution is -0.113. The lowest BCUT2D eigenvalue weighted by atomic mass is 10.0. The van der Waals surface area contributed by atoms with Gasteiger partial charge >= 0.3 is 5.97 Å². The molecule has 0 fully saturated rings. The monoisotopic (exact) mass is 490 g/mol. The molecular formula is C27H26N2O3S2. The number of ether oxygens (including phenoxy) is 1. The maximum Gasteiger partial charge on any atom is 0.341 e. The second-order valence-electron chi connectivity index (χ2n) is 8.03. The summed E-state index contributed by atoms with van der Waals surface area (Å²) in [6, 6.07) is 15.9. The smallest absolute Gasteiger partial charge is 0.341 e. The van der Waals surface area contributed by atoms with E-state index >= 15 is 0 Å². The predicted molar refractivity (Wildman–Crippen MR) is 141 cm³/mol. The average molecular weight is 491 g/mol. The van der Waals surface area contributed by atoms with E-state index in [0.29, 0.717) is 10.6 Å². The van der Waals surface area contributed by atoms with Gasteiger partial charge in [-0.2, -0.15) is 0 Å². The minimum absolute atomic E-state index is 0.184. The van der Waals surface area contributed by atoms with Gasteiger partial charge in [-0.15, -0.1) is 11.3 Å². The van der Waals surface area contributed by atoms with Gasteiger partial charge in [-0.05, 0) is 56.5 Å². The first-order valence-corrected chi connectivity index (χ1v) is 12.9. The van der Waals surface area contributed by atoms with E-state index in [1.54, 1.807) is 6.92 Å². The fourth-order valence-electron chi connectivity index (χ4n) is 3.88. The molecule has 174 valence electrons. The minimum Gasteiger partial charge on any atom is -0.462 e. The number of thiophene rings is 1. The molecule has 0 aliphatic heterocycles. The zero-order valence-corrected chi connectivity index (χ0v) is 21.2. The van der Waals surface area contributed by atoms with Crippen molar-refractivity contribution in [2.24, 2.45) is 0 Å². The average Bonchev–Trinajstić information content (AvgIpc) is 3.22. The third kappa shape index (κ3) is 5.16. The highest BCUT2D eigenvalue weighted by molar-refractivity contribution is 7.99. The van der Waals surface area contributed by atoms with Gasteiger partial charge in [0.05, 0.1) is 22.9 Å². The van der Waals surface area contributed by atoms with Crippen LogP contribution in [0.1, 0.15) is 34.0 Å². The molecule has 0 saturated carbocycles. The van der Waals surface area contributed by atoms with Gasteiger partial charge in [0.2, 0.25) is 5.91 Å². The lowest BCUT2D eigenvalue weighted by Crippen LogP contribution is -2.16. The number of fused-ring (bicyclic) bond motifs is 1. The molecule has 2 aromatic heterocycles. The first-order valence-electron chi connectivity index (χ1n) is 11.0. The van der Waals surface area contributed by atoms with Crippen LogP contribution in [0.4, 0.5) is 5.00 Å². The number of aromatic nitrogens is 1. The Balaban J connectivity index is 1.53. The van der Waals surface area contributed by atoms with Crippen LogP contribution in [0, 0.1) is 20.8 Å². The fraction of sp³-hybridized carbons (Fsp3) is 0.222. The molecular weight excluding hydrogens is 464 g/mol. The molecule has 0 aliphatic rings. The quantitative estimate of drug-likeness (QED) is 0.228. The standard InChI is InChI=1S/C27H26N2O3S2/c1-5-32-27(31)24-21(19-9-7-6-8-10-19)14-34-26(24)28-22(30)15-33-23-13-17(3)20-12-16(2)11-18(4)25(20)29-23/h6-14H,5,15H2,1-4H3,(H,28,30). The SMILES string of the molecule is CCOC(=O)c1c(-c2ccccc2)csc1NC(=O)CSc1cc(C)c2cc(C)cc(C)c2n1. The minimum atomic E-state index is -0.442. The number of nitrogens with one attached hydrogen (secondary N) is 1. The molecule has 2 aromatic carbocycles. The van der Waals surface area contributed by atoms with E-state index in [9.17, 15) is 9.59 Å². The maximum absolute atomic E-state index is 12.8. The number of amides is 1. The van der Waals surface area contributed by atoms with Gasteiger partial charge in [-0.3, -0.25) is 4.79 Å². The van der Waals surface area contributed by atoms with E-state index in [-0.39, 0.29) is 18.3 Å². The van der Waals surface area contributed by atoms with Crippen molar-refractivity contribution in [2.75, 3.05) is 17.7 Å². The van der Waals surface area contributed by atoms with Crippen molar-refractivity contribution in [3.63, 3.8) is 0 Å². The number of hydrogen-bond acceptors (Lipinski definition) is 6. The Labute approximate surface area is 207 Å². The van der Waals surface area contributed by atoms with E-state index < -0.39 is 5.97 Å². The van der Waals surface area contributed by atoms with Gasteiger partial charge in [0.25, 0.3) is 0 Å². The number of hydrogen-bond donors (Lipinski definition) is 1. The molecule has 34 heavy (non-hydrogen) atoms. The second kappa shape index (κ2) is 10.4. The zero-order valence-electron chi connectivity index (χ0n) is 19.6. The van der Waals surface area contributed by atoms with Crippen LogP contribution in [0.15, 0.2) is 58.9 Å². The normalized spacial score (nSPS) is 10.9. The number of benzene rings is 2. The highest BCUT2D eigenvalue weighted by atomic mass is 32.2. The number of anilines is 1. The first-order chi connectivity index (χ1) is 16.4. The Morgan fingerprint density at radius 1 is 1.06 bits per heavy atom. The highest BCUT2D eigenvalue weighted by Crippen LogP contribution is 2.36. The van der Waals surface area contributed by atoms with Crippen molar-refractivity contribution >= 4 is 50.9 Å². The molecule has 4 aromatic rings. The van der Waals surface area contributed by atoms with Gasteiger partial charge in [0.15, 0.2) is 0 Å². The summed E-state index contributed by atoms with van der Waals surface area (Å²) in [4.78, 5) is 30.3. The number of rotatable bonds is 7. The molecule has 1 amide bonds. The number of aryl methyl sites for hydroxylation is 3. The molecule has 0 bridgehead atoms.